The molecule has 0 radical (unpaired) electrons. The SMILES string of the molecule is CCC(CCO)NC(=O)NC1CC(OC)C1(CC)CC. The van der Waals surface area contributed by atoms with E-state index >= 15 is 0 Å². The number of aliphatic hydroxyl groups excluding tert-OH is 1. The largest absolute Gasteiger partial charge is 0.396 e. The number of nitrogens with one attached hydrogen (secondary N) is 2. The van der Waals surface area contributed by atoms with E-state index < -0.39 is 0 Å². The molecule has 1 aliphatic carbocycles. The smallest absolute Gasteiger partial charge is 0.315 e. The van der Waals surface area contributed by atoms with Crippen LogP contribution >= 0.6 is 0 Å². The number of amides is 2. The fraction of sp³-hybridized carbons (Fsp3) is 0.933. The number of urea groups is 1. The molecule has 0 aromatic heterocycles. The average molecular weight is 286 g/mol. The van der Waals surface area contributed by atoms with Crippen molar-refractivity contribution >= 4 is 6.03 Å². The van der Waals surface area contributed by atoms with Crippen LogP contribution in [0.3, 0.4) is 0 Å². The molecule has 20 heavy (non-hydrogen) atoms. The molecule has 5 nitrogen and oxygen atoms in total. The van der Waals surface area contributed by atoms with Gasteiger partial charge in [0.1, 0.15) is 0 Å². The highest BCUT2D eigenvalue weighted by Crippen LogP contribution is 2.48. The van der Waals surface area contributed by atoms with Gasteiger partial charge in [0.05, 0.1) is 6.10 Å². The summed E-state index contributed by atoms with van der Waals surface area (Å²) in [6.45, 7) is 6.42. The summed E-state index contributed by atoms with van der Waals surface area (Å²) in [6, 6.07) is 0.0844. The van der Waals surface area contributed by atoms with Crippen molar-refractivity contribution in [3.63, 3.8) is 0 Å². The number of aliphatic hydroxyl groups is 1. The number of rotatable bonds is 8. The molecule has 0 spiro atoms. The van der Waals surface area contributed by atoms with Crippen molar-refractivity contribution in [2.75, 3.05) is 13.7 Å². The molecule has 3 unspecified atom stereocenters. The van der Waals surface area contributed by atoms with E-state index in [4.69, 9.17) is 9.84 Å². The zero-order valence-electron chi connectivity index (χ0n) is 13.2. The second-order valence-electron chi connectivity index (χ2n) is 5.69. The molecule has 118 valence electrons. The van der Waals surface area contributed by atoms with Crippen LogP contribution in [0.15, 0.2) is 0 Å². The van der Waals surface area contributed by atoms with Gasteiger partial charge in [-0.3, -0.25) is 0 Å². The fourth-order valence-corrected chi connectivity index (χ4v) is 3.40. The van der Waals surface area contributed by atoms with Crippen molar-refractivity contribution in [3.8, 4) is 0 Å². The van der Waals surface area contributed by atoms with Gasteiger partial charge in [0.2, 0.25) is 0 Å². The van der Waals surface area contributed by atoms with Gasteiger partial charge in [-0.1, -0.05) is 20.8 Å². The lowest BCUT2D eigenvalue weighted by atomic mass is 9.58. The maximum Gasteiger partial charge on any atom is 0.315 e. The van der Waals surface area contributed by atoms with E-state index in [9.17, 15) is 4.79 Å². The third kappa shape index (κ3) is 3.44. The van der Waals surface area contributed by atoms with Gasteiger partial charge in [-0.05, 0) is 32.1 Å². The minimum Gasteiger partial charge on any atom is -0.396 e. The van der Waals surface area contributed by atoms with Crippen LogP contribution in [0.4, 0.5) is 4.79 Å². The van der Waals surface area contributed by atoms with Crippen LogP contribution in [0.5, 0.6) is 0 Å². The van der Waals surface area contributed by atoms with Crippen LogP contribution in [-0.2, 0) is 4.74 Å². The van der Waals surface area contributed by atoms with Crippen LogP contribution in [0, 0.1) is 5.41 Å². The zero-order chi connectivity index (χ0) is 15.2. The van der Waals surface area contributed by atoms with E-state index in [-0.39, 0.29) is 36.2 Å². The molecule has 1 aliphatic rings. The van der Waals surface area contributed by atoms with Gasteiger partial charge in [0, 0.05) is 31.2 Å². The maximum atomic E-state index is 12.1. The van der Waals surface area contributed by atoms with E-state index in [0.717, 1.165) is 25.7 Å². The Bertz CT molecular complexity index is 305. The summed E-state index contributed by atoms with van der Waals surface area (Å²) in [5.74, 6) is 0. The van der Waals surface area contributed by atoms with Gasteiger partial charge in [-0.25, -0.2) is 4.79 Å². The summed E-state index contributed by atoms with van der Waals surface area (Å²) < 4.78 is 5.53. The van der Waals surface area contributed by atoms with E-state index in [2.05, 4.69) is 24.5 Å². The van der Waals surface area contributed by atoms with Gasteiger partial charge >= 0.3 is 6.03 Å². The van der Waals surface area contributed by atoms with Crippen molar-refractivity contribution in [3.05, 3.63) is 0 Å². The van der Waals surface area contributed by atoms with Crippen LogP contribution in [0.25, 0.3) is 0 Å². The van der Waals surface area contributed by atoms with Crippen molar-refractivity contribution in [1.82, 2.24) is 10.6 Å². The number of carbonyl (C=O) groups is 1. The second kappa shape index (κ2) is 7.84. The molecule has 0 aliphatic heterocycles. The topological polar surface area (TPSA) is 70.6 Å². The summed E-state index contributed by atoms with van der Waals surface area (Å²) >= 11 is 0. The van der Waals surface area contributed by atoms with Crippen molar-refractivity contribution in [2.24, 2.45) is 5.41 Å². The first-order chi connectivity index (χ1) is 9.57. The summed E-state index contributed by atoms with van der Waals surface area (Å²) in [6.07, 6.45) is 4.54. The van der Waals surface area contributed by atoms with Crippen molar-refractivity contribution in [2.45, 2.75) is 71.1 Å². The minimum atomic E-state index is -0.129. The monoisotopic (exact) mass is 286 g/mol. The molecule has 3 atom stereocenters. The zero-order valence-corrected chi connectivity index (χ0v) is 13.2. The highest BCUT2D eigenvalue weighted by Gasteiger charge is 2.53. The lowest BCUT2D eigenvalue weighted by molar-refractivity contribution is -0.120. The number of methoxy groups -OCH3 is 1. The Balaban J connectivity index is 2.53. The fourth-order valence-electron chi connectivity index (χ4n) is 3.40. The van der Waals surface area contributed by atoms with Crippen LogP contribution in [0.1, 0.15) is 52.9 Å². The Morgan fingerprint density at radius 2 is 2.05 bits per heavy atom. The Labute approximate surface area is 122 Å². The highest BCUT2D eigenvalue weighted by molar-refractivity contribution is 5.74. The van der Waals surface area contributed by atoms with Gasteiger partial charge < -0.3 is 20.5 Å². The van der Waals surface area contributed by atoms with Gasteiger partial charge in [0.25, 0.3) is 0 Å². The number of hydrogen-bond acceptors (Lipinski definition) is 3. The molecular formula is C15H30N2O3. The summed E-state index contributed by atoms with van der Waals surface area (Å²) in [5, 5.41) is 15.0. The third-order valence-corrected chi connectivity index (χ3v) is 5.00. The molecule has 0 bridgehead atoms. The third-order valence-electron chi connectivity index (χ3n) is 5.00. The molecule has 2 amide bonds. The lowest BCUT2D eigenvalue weighted by Crippen LogP contribution is -2.65. The first-order valence-corrected chi connectivity index (χ1v) is 7.78. The van der Waals surface area contributed by atoms with E-state index in [1.807, 2.05) is 6.92 Å². The number of hydrogen-bond donors (Lipinski definition) is 3. The van der Waals surface area contributed by atoms with Crippen molar-refractivity contribution < 1.29 is 14.6 Å². The normalized spacial score (nSPS) is 25.6. The quantitative estimate of drug-likeness (QED) is 0.639. The minimum absolute atomic E-state index is 0.0379. The summed E-state index contributed by atoms with van der Waals surface area (Å²) in [7, 11) is 1.75. The second-order valence-corrected chi connectivity index (χ2v) is 5.69. The molecule has 3 N–H and O–H groups in total. The first kappa shape index (κ1) is 17.2. The Kier molecular flexibility index (Phi) is 6.76. The lowest BCUT2D eigenvalue weighted by Gasteiger charge is -2.55. The predicted molar refractivity (Wildman–Crippen MR) is 79.7 cm³/mol. The van der Waals surface area contributed by atoms with Gasteiger partial charge in [-0.15, -0.1) is 0 Å². The Hall–Kier alpha value is -0.810. The number of carbonyl (C=O) groups excluding carboxylic acids is 1. The molecule has 0 aromatic rings. The highest BCUT2D eigenvalue weighted by atomic mass is 16.5. The van der Waals surface area contributed by atoms with Crippen LogP contribution < -0.4 is 10.6 Å². The van der Waals surface area contributed by atoms with Crippen LogP contribution in [0.2, 0.25) is 0 Å². The first-order valence-electron chi connectivity index (χ1n) is 7.78. The molecule has 0 saturated heterocycles. The van der Waals surface area contributed by atoms with Gasteiger partial charge in [0.15, 0.2) is 0 Å². The van der Waals surface area contributed by atoms with E-state index in [0.29, 0.717) is 6.42 Å². The Morgan fingerprint density at radius 1 is 1.40 bits per heavy atom. The molecule has 5 heteroatoms. The standard InChI is InChI=1S/C15H30N2O3/c1-5-11(8-9-18)16-14(19)17-12-10-13(20-4)15(12,6-2)7-3/h11-13,18H,5-10H2,1-4H3,(H2,16,17,19). The molecule has 1 fully saturated rings. The van der Waals surface area contributed by atoms with Crippen LogP contribution in [-0.4, -0.2) is 43.0 Å². The van der Waals surface area contributed by atoms with Gasteiger partial charge in [-0.2, -0.15) is 0 Å². The average Bonchev–Trinajstić information content (AvgIpc) is 2.44. The maximum absolute atomic E-state index is 12.1. The number of ether oxygens (including phenoxy) is 1. The van der Waals surface area contributed by atoms with Crippen molar-refractivity contribution in [1.29, 1.82) is 0 Å². The Morgan fingerprint density at radius 3 is 2.50 bits per heavy atom. The predicted octanol–water partition coefficient (Wildman–Crippen LogP) is 2.04. The molecule has 1 rings (SSSR count). The molecular weight excluding hydrogens is 256 g/mol. The van der Waals surface area contributed by atoms with E-state index in [1.54, 1.807) is 7.11 Å². The van der Waals surface area contributed by atoms with E-state index in [1.165, 1.54) is 0 Å². The molecule has 0 aromatic carbocycles. The summed E-state index contributed by atoms with van der Waals surface area (Å²) in [5.41, 5.74) is 0.0603. The molecule has 1 saturated carbocycles. The summed E-state index contributed by atoms with van der Waals surface area (Å²) in [4.78, 5) is 12.1. The molecule has 0 heterocycles.